The van der Waals surface area contributed by atoms with Gasteiger partial charge in [0, 0.05) is 14.1 Å². The van der Waals surface area contributed by atoms with Crippen LogP contribution in [-0.4, -0.2) is 34.1 Å². The second-order valence-electron chi connectivity index (χ2n) is 5.06. The van der Waals surface area contributed by atoms with E-state index in [1.165, 1.54) is 6.33 Å². The normalized spacial score (nSPS) is 11.1. The number of aryl methyl sites for hydroxylation is 1. The molecule has 3 rings (SSSR count). The Morgan fingerprint density at radius 1 is 1.18 bits per heavy atom. The van der Waals surface area contributed by atoms with Gasteiger partial charge in [0.2, 0.25) is 0 Å². The minimum atomic E-state index is 0.451. The van der Waals surface area contributed by atoms with Gasteiger partial charge in [-0.2, -0.15) is 0 Å². The second-order valence-corrected chi connectivity index (χ2v) is 6.09. The topological polar surface area (TPSA) is 92.0 Å². The van der Waals surface area contributed by atoms with Gasteiger partial charge in [-0.05, 0) is 18.6 Å². The zero-order chi connectivity index (χ0) is 15.7. The predicted octanol–water partition coefficient (Wildman–Crippen LogP) is 2.61. The van der Waals surface area contributed by atoms with Crippen LogP contribution in [0.4, 0.5) is 22.5 Å². The number of nitrogens with two attached hydrogens (primary N) is 1. The van der Waals surface area contributed by atoms with Gasteiger partial charge >= 0.3 is 0 Å². The van der Waals surface area contributed by atoms with Crippen molar-refractivity contribution >= 4 is 44.0 Å². The first-order chi connectivity index (χ1) is 10.5. The monoisotopic (exact) mass is 315 g/mol. The van der Waals surface area contributed by atoms with Gasteiger partial charge in [-0.15, -0.1) is 0 Å². The van der Waals surface area contributed by atoms with Gasteiger partial charge in [0.1, 0.15) is 12.0 Å². The maximum Gasteiger partial charge on any atom is 0.189 e. The number of hydrogen-bond acceptors (Lipinski definition) is 8. The molecule has 0 saturated carbocycles. The fourth-order valence-corrected chi connectivity index (χ4v) is 2.98. The van der Waals surface area contributed by atoms with E-state index in [9.17, 15) is 0 Å². The first kappa shape index (κ1) is 14.5. The molecule has 0 atom stereocenters. The van der Waals surface area contributed by atoms with Crippen LogP contribution in [-0.2, 0) is 0 Å². The molecule has 0 fully saturated rings. The van der Waals surface area contributed by atoms with Crippen LogP contribution in [0.15, 0.2) is 24.5 Å². The molecule has 0 aliphatic carbocycles. The zero-order valence-electron chi connectivity index (χ0n) is 12.6. The molecule has 0 unspecified atom stereocenters. The number of rotatable bonds is 4. The molecule has 0 saturated heterocycles. The summed E-state index contributed by atoms with van der Waals surface area (Å²) in [6, 6.07) is 6.12. The van der Waals surface area contributed by atoms with Gasteiger partial charge in [0.25, 0.3) is 0 Å². The fourth-order valence-electron chi connectivity index (χ4n) is 2.04. The van der Waals surface area contributed by atoms with E-state index in [0.29, 0.717) is 17.3 Å². The molecule has 22 heavy (non-hydrogen) atoms. The number of nitrogens with one attached hydrogen (secondary N) is 2. The van der Waals surface area contributed by atoms with Crippen molar-refractivity contribution in [1.82, 2.24) is 20.0 Å². The molecule has 3 aromatic rings. The highest BCUT2D eigenvalue weighted by molar-refractivity contribution is 7.22. The van der Waals surface area contributed by atoms with Crippen molar-refractivity contribution in [3.05, 3.63) is 30.1 Å². The molecule has 2 heterocycles. The number of nitrogen functional groups attached to an aromatic ring is 1. The molecule has 0 amide bonds. The first-order valence-electron chi connectivity index (χ1n) is 6.72. The van der Waals surface area contributed by atoms with Crippen molar-refractivity contribution in [1.29, 1.82) is 0 Å². The van der Waals surface area contributed by atoms with Crippen molar-refractivity contribution < 1.29 is 0 Å². The molecule has 0 bridgehead atoms. The summed E-state index contributed by atoms with van der Waals surface area (Å²) in [5.74, 6) is 1.09. The van der Waals surface area contributed by atoms with Gasteiger partial charge in [-0.3, -0.25) is 0 Å². The molecular weight excluding hydrogens is 298 g/mol. The van der Waals surface area contributed by atoms with E-state index in [1.807, 2.05) is 39.2 Å². The van der Waals surface area contributed by atoms with Crippen molar-refractivity contribution in [2.45, 2.75) is 6.92 Å². The molecule has 1 aromatic carbocycles. The Balaban J connectivity index is 1.93. The van der Waals surface area contributed by atoms with Crippen molar-refractivity contribution in [2.24, 2.45) is 0 Å². The molecule has 7 nitrogen and oxygen atoms in total. The standard InChI is InChI=1S/C14H17N7S/c1-8-5-4-6-9-11(8)18-14(22-9)19-12-10(15)13(17-7-16-12)20-21(2)3/h4-7H,15H2,1-3H3,(H2,16,17,18,19,20). The lowest BCUT2D eigenvalue weighted by Gasteiger charge is -2.15. The number of thiazole rings is 1. The van der Waals surface area contributed by atoms with E-state index in [-0.39, 0.29) is 0 Å². The minimum absolute atomic E-state index is 0.451. The molecule has 4 N–H and O–H groups in total. The third-order valence-electron chi connectivity index (χ3n) is 3.06. The molecule has 0 spiro atoms. The van der Waals surface area contributed by atoms with E-state index in [2.05, 4.69) is 25.7 Å². The van der Waals surface area contributed by atoms with E-state index in [0.717, 1.165) is 20.9 Å². The fraction of sp³-hybridized carbons (Fsp3) is 0.214. The summed E-state index contributed by atoms with van der Waals surface area (Å²) in [5.41, 5.74) is 11.7. The lowest BCUT2D eigenvalue weighted by atomic mass is 10.2. The molecule has 0 aliphatic heterocycles. The molecule has 8 heteroatoms. The van der Waals surface area contributed by atoms with E-state index >= 15 is 0 Å². The summed E-state index contributed by atoms with van der Waals surface area (Å²) in [6.07, 6.45) is 1.46. The number of anilines is 4. The molecular formula is C14H17N7S. The SMILES string of the molecule is Cc1cccc2sc(Nc3ncnc(NN(C)C)c3N)nc12. The highest BCUT2D eigenvalue weighted by Crippen LogP contribution is 2.32. The third-order valence-corrected chi connectivity index (χ3v) is 4.00. The minimum Gasteiger partial charge on any atom is -0.393 e. The number of fused-ring (bicyclic) bond motifs is 1. The van der Waals surface area contributed by atoms with Crippen LogP contribution in [0.1, 0.15) is 5.56 Å². The lowest BCUT2D eigenvalue weighted by Crippen LogP contribution is -2.21. The Bertz CT molecular complexity index is 812. The lowest BCUT2D eigenvalue weighted by molar-refractivity contribution is 0.492. The maximum atomic E-state index is 6.10. The summed E-state index contributed by atoms with van der Waals surface area (Å²) in [7, 11) is 3.73. The molecule has 0 aliphatic rings. The number of aromatic nitrogens is 3. The summed E-state index contributed by atoms with van der Waals surface area (Å²) >= 11 is 1.57. The number of hydrazine groups is 1. The van der Waals surface area contributed by atoms with Crippen molar-refractivity contribution in [3.8, 4) is 0 Å². The summed E-state index contributed by atoms with van der Waals surface area (Å²) < 4.78 is 1.13. The zero-order valence-corrected chi connectivity index (χ0v) is 13.4. The van der Waals surface area contributed by atoms with Gasteiger partial charge in [-0.1, -0.05) is 23.5 Å². The Labute approximate surface area is 132 Å². The largest absolute Gasteiger partial charge is 0.393 e. The van der Waals surface area contributed by atoms with Crippen LogP contribution < -0.4 is 16.5 Å². The third kappa shape index (κ3) is 2.78. The Kier molecular flexibility index (Phi) is 3.78. The van der Waals surface area contributed by atoms with Crippen LogP contribution in [0.2, 0.25) is 0 Å². The van der Waals surface area contributed by atoms with E-state index < -0.39 is 0 Å². The van der Waals surface area contributed by atoms with Gasteiger partial charge in [-0.25, -0.2) is 20.0 Å². The maximum absolute atomic E-state index is 6.10. The first-order valence-corrected chi connectivity index (χ1v) is 7.54. The van der Waals surface area contributed by atoms with Gasteiger partial charge in [0.15, 0.2) is 16.8 Å². The quantitative estimate of drug-likeness (QED) is 0.637. The van der Waals surface area contributed by atoms with Gasteiger partial charge < -0.3 is 16.5 Å². The highest BCUT2D eigenvalue weighted by Gasteiger charge is 2.11. The molecule has 0 radical (unpaired) electrons. The van der Waals surface area contributed by atoms with E-state index in [4.69, 9.17) is 5.73 Å². The van der Waals surface area contributed by atoms with Crippen LogP contribution in [0.5, 0.6) is 0 Å². The predicted molar refractivity (Wildman–Crippen MR) is 91.4 cm³/mol. The van der Waals surface area contributed by atoms with Crippen LogP contribution in [0.3, 0.4) is 0 Å². The second kappa shape index (κ2) is 5.74. The van der Waals surface area contributed by atoms with Crippen LogP contribution in [0, 0.1) is 6.92 Å². The highest BCUT2D eigenvalue weighted by atomic mass is 32.1. The van der Waals surface area contributed by atoms with Crippen LogP contribution >= 0.6 is 11.3 Å². The summed E-state index contributed by atoms with van der Waals surface area (Å²) in [4.78, 5) is 12.9. The average Bonchev–Trinajstić information content (AvgIpc) is 2.87. The number of hydrogen-bond donors (Lipinski definition) is 3. The van der Waals surface area contributed by atoms with Crippen molar-refractivity contribution in [3.63, 3.8) is 0 Å². The Hall–Kier alpha value is -2.45. The van der Waals surface area contributed by atoms with E-state index in [1.54, 1.807) is 16.3 Å². The molecule has 2 aromatic heterocycles. The number of nitrogens with zero attached hydrogens (tertiary/aromatic N) is 4. The summed E-state index contributed by atoms with van der Waals surface area (Å²) in [6.45, 7) is 2.05. The Morgan fingerprint density at radius 2 is 1.95 bits per heavy atom. The number of para-hydroxylation sites is 1. The smallest absolute Gasteiger partial charge is 0.189 e. The Morgan fingerprint density at radius 3 is 2.68 bits per heavy atom. The molecule has 114 valence electrons. The average molecular weight is 315 g/mol. The van der Waals surface area contributed by atoms with Gasteiger partial charge in [0.05, 0.1) is 10.2 Å². The van der Waals surface area contributed by atoms with Crippen LogP contribution in [0.25, 0.3) is 10.2 Å². The van der Waals surface area contributed by atoms with Crippen molar-refractivity contribution in [2.75, 3.05) is 30.6 Å². The summed E-state index contributed by atoms with van der Waals surface area (Å²) in [5, 5.41) is 5.70. The number of benzene rings is 1.